The molecule has 0 radical (unpaired) electrons. The lowest BCUT2D eigenvalue weighted by atomic mass is 10.1. The number of thioether (sulfide) groups is 1. The van der Waals surface area contributed by atoms with Crippen molar-refractivity contribution in [3.63, 3.8) is 0 Å². The van der Waals surface area contributed by atoms with Crippen molar-refractivity contribution in [1.29, 1.82) is 0 Å². The Hall–Kier alpha value is -0.180. The van der Waals surface area contributed by atoms with Crippen molar-refractivity contribution < 1.29 is 0 Å². The van der Waals surface area contributed by atoms with Crippen LogP contribution in [0.1, 0.15) is 26.7 Å². The van der Waals surface area contributed by atoms with Crippen molar-refractivity contribution in [3.05, 3.63) is 29.3 Å². The molecule has 94 valence electrons. The molecule has 0 heterocycles. The zero-order valence-electron chi connectivity index (χ0n) is 10.4. The van der Waals surface area contributed by atoms with Gasteiger partial charge in [0.25, 0.3) is 0 Å². The van der Waals surface area contributed by atoms with E-state index in [-0.39, 0.29) is 0 Å². The molecule has 0 spiro atoms. The molecule has 1 aliphatic carbocycles. The van der Waals surface area contributed by atoms with Crippen molar-refractivity contribution in [1.82, 2.24) is 5.32 Å². The van der Waals surface area contributed by atoms with E-state index in [1.807, 2.05) is 23.9 Å². The first-order valence-electron chi connectivity index (χ1n) is 6.36. The number of halogens is 1. The summed E-state index contributed by atoms with van der Waals surface area (Å²) in [5.41, 5.74) is 0. The molecule has 3 atom stereocenters. The summed E-state index contributed by atoms with van der Waals surface area (Å²) in [6, 6.07) is 8.89. The van der Waals surface area contributed by atoms with E-state index in [1.54, 1.807) is 0 Å². The summed E-state index contributed by atoms with van der Waals surface area (Å²) in [5.74, 6) is 0.735. The topological polar surface area (TPSA) is 12.0 Å². The van der Waals surface area contributed by atoms with E-state index in [9.17, 15) is 0 Å². The van der Waals surface area contributed by atoms with Crippen LogP contribution in [0.4, 0.5) is 0 Å². The normalized spacial score (nSPS) is 28.5. The van der Waals surface area contributed by atoms with Gasteiger partial charge in [0.15, 0.2) is 0 Å². The van der Waals surface area contributed by atoms with E-state index in [2.05, 4.69) is 31.3 Å². The van der Waals surface area contributed by atoms with Crippen LogP contribution in [0.25, 0.3) is 0 Å². The largest absolute Gasteiger partial charge is 0.314 e. The molecule has 1 N–H and O–H groups in total. The second-order valence-electron chi connectivity index (χ2n) is 4.71. The van der Waals surface area contributed by atoms with Crippen LogP contribution in [-0.2, 0) is 0 Å². The molecule has 3 unspecified atom stereocenters. The highest BCUT2D eigenvalue weighted by atomic mass is 35.5. The maximum Gasteiger partial charge on any atom is 0.0417 e. The van der Waals surface area contributed by atoms with Crippen LogP contribution in [0.3, 0.4) is 0 Å². The van der Waals surface area contributed by atoms with Gasteiger partial charge in [-0.3, -0.25) is 0 Å². The van der Waals surface area contributed by atoms with Crippen molar-refractivity contribution in [2.75, 3.05) is 6.54 Å². The Balaban J connectivity index is 1.96. The van der Waals surface area contributed by atoms with Crippen molar-refractivity contribution in [3.8, 4) is 0 Å². The summed E-state index contributed by atoms with van der Waals surface area (Å²) in [7, 11) is 0. The molecule has 1 fully saturated rings. The highest BCUT2D eigenvalue weighted by molar-refractivity contribution is 8.00. The number of benzene rings is 1. The number of nitrogens with one attached hydrogen (secondary N) is 1. The number of rotatable bonds is 4. The molecule has 0 saturated heterocycles. The van der Waals surface area contributed by atoms with Gasteiger partial charge in [0.05, 0.1) is 0 Å². The molecule has 0 aliphatic heterocycles. The lowest BCUT2D eigenvalue weighted by Crippen LogP contribution is -2.32. The maximum atomic E-state index is 6.02. The Labute approximate surface area is 113 Å². The van der Waals surface area contributed by atoms with Crippen LogP contribution in [0.2, 0.25) is 5.02 Å². The Bertz CT molecular complexity index is 369. The first kappa shape index (κ1) is 13.3. The first-order valence-corrected chi connectivity index (χ1v) is 7.62. The fourth-order valence-electron chi connectivity index (χ4n) is 2.56. The quantitative estimate of drug-likeness (QED) is 0.879. The SMILES string of the molecule is CCNC1CCC(Sc2cccc(Cl)c2)C1C. The summed E-state index contributed by atoms with van der Waals surface area (Å²) in [6.07, 6.45) is 2.60. The van der Waals surface area contributed by atoms with Crippen molar-refractivity contribution in [2.45, 2.75) is 42.9 Å². The molecular formula is C14H20ClNS. The smallest absolute Gasteiger partial charge is 0.0417 e. The highest BCUT2D eigenvalue weighted by Crippen LogP contribution is 2.39. The second-order valence-corrected chi connectivity index (χ2v) is 6.46. The second kappa shape index (κ2) is 6.12. The minimum absolute atomic E-state index is 0.691. The molecule has 1 aliphatic rings. The Morgan fingerprint density at radius 1 is 1.41 bits per heavy atom. The van der Waals surface area contributed by atoms with Crippen LogP contribution in [0, 0.1) is 5.92 Å². The van der Waals surface area contributed by atoms with E-state index in [0.717, 1.165) is 22.7 Å². The molecule has 0 bridgehead atoms. The van der Waals surface area contributed by atoms with Gasteiger partial charge < -0.3 is 5.32 Å². The van der Waals surface area contributed by atoms with Crippen LogP contribution in [0.5, 0.6) is 0 Å². The Morgan fingerprint density at radius 2 is 2.24 bits per heavy atom. The summed E-state index contributed by atoms with van der Waals surface area (Å²) in [5, 5.41) is 5.14. The van der Waals surface area contributed by atoms with Gasteiger partial charge in [-0.15, -0.1) is 11.8 Å². The average Bonchev–Trinajstić information content (AvgIpc) is 2.62. The standard InChI is InChI=1S/C14H20ClNS/c1-3-16-13-7-8-14(10(13)2)17-12-6-4-5-11(15)9-12/h4-6,9-10,13-14,16H,3,7-8H2,1-2H3. The van der Waals surface area contributed by atoms with E-state index < -0.39 is 0 Å². The monoisotopic (exact) mass is 269 g/mol. The third kappa shape index (κ3) is 3.40. The van der Waals surface area contributed by atoms with E-state index in [0.29, 0.717) is 6.04 Å². The van der Waals surface area contributed by atoms with Crippen LogP contribution < -0.4 is 5.32 Å². The fourth-order valence-corrected chi connectivity index (χ4v) is 4.18. The summed E-state index contributed by atoms with van der Waals surface area (Å²) < 4.78 is 0. The molecule has 1 aromatic rings. The van der Waals surface area contributed by atoms with Gasteiger partial charge >= 0.3 is 0 Å². The summed E-state index contributed by atoms with van der Waals surface area (Å²) >= 11 is 8.00. The third-order valence-corrected chi connectivity index (χ3v) is 5.26. The van der Waals surface area contributed by atoms with Gasteiger partial charge in [-0.1, -0.05) is 31.5 Å². The minimum Gasteiger partial charge on any atom is -0.314 e. The molecule has 3 heteroatoms. The molecule has 1 saturated carbocycles. The van der Waals surface area contributed by atoms with Crippen LogP contribution in [-0.4, -0.2) is 17.8 Å². The van der Waals surface area contributed by atoms with Gasteiger partial charge in [0.1, 0.15) is 0 Å². The van der Waals surface area contributed by atoms with Gasteiger partial charge in [0, 0.05) is 21.2 Å². The Morgan fingerprint density at radius 3 is 2.94 bits per heavy atom. The lowest BCUT2D eigenvalue weighted by Gasteiger charge is -2.21. The number of hydrogen-bond donors (Lipinski definition) is 1. The molecular weight excluding hydrogens is 250 g/mol. The first-order chi connectivity index (χ1) is 8.20. The van der Waals surface area contributed by atoms with Gasteiger partial charge in [-0.2, -0.15) is 0 Å². The minimum atomic E-state index is 0.691. The highest BCUT2D eigenvalue weighted by Gasteiger charge is 2.32. The van der Waals surface area contributed by atoms with Gasteiger partial charge in [-0.05, 0) is 43.5 Å². The van der Waals surface area contributed by atoms with E-state index in [4.69, 9.17) is 11.6 Å². The average molecular weight is 270 g/mol. The van der Waals surface area contributed by atoms with Gasteiger partial charge in [0.2, 0.25) is 0 Å². The van der Waals surface area contributed by atoms with Gasteiger partial charge in [-0.25, -0.2) is 0 Å². The predicted octanol–water partition coefficient (Wildman–Crippen LogP) is 4.21. The lowest BCUT2D eigenvalue weighted by molar-refractivity contribution is 0.441. The fraction of sp³-hybridized carbons (Fsp3) is 0.571. The molecule has 0 aromatic heterocycles. The van der Waals surface area contributed by atoms with Crippen LogP contribution in [0.15, 0.2) is 29.2 Å². The van der Waals surface area contributed by atoms with E-state index in [1.165, 1.54) is 17.7 Å². The Kier molecular flexibility index (Phi) is 4.78. The third-order valence-electron chi connectivity index (χ3n) is 3.53. The van der Waals surface area contributed by atoms with Crippen molar-refractivity contribution >= 4 is 23.4 Å². The summed E-state index contributed by atoms with van der Waals surface area (Å²) in [6.45, 7) is 5.62. The molecule has 17 heavy (non-hydrogen) atoms. The maximum absolute atomic E-state index is 6.02. The molecule has 1 nitrogen and oxygen atoms in total. The zero-order valence-corrected chi connectivity index (χ0v) is 12.0. The zero-order chi connectivity index (χ0) is 12.3. The van der Waals surface area contributed by atoms with E-state index >= 15 is 0 Å². The molecule has 2 rings (SSSR count). The predicted molar refractivity (Wildman–Crippen MR) is 77.0 cm³/mol. The molecule has 0 amide bonds. The van der Waals surface area contributed by atoms with Crippen LogP contribution >= 0.6 is 23.4 Å². The molecule has 1 aromatic carbocycles. The van der Waals surface area contributed by atoms with Crippen molar-refractivity contribution in [2.24, 2.45) is 5.92 Å². The number of hydrogen-bond acceptors (Lipinski definition) is 2. The summed E-state index contributed by atoms with van der Waals surface area (Å²) in [4.78, 5) is 1.30.